The molecule has 1 aliphatic heterocycles. The third kappa shape index (κ3) is 14.1. The summed E-state index contributed by atoms with van der Waals surface area (Å²) < 4.78 is 5.12. The molecule has 73 heavy (non-hydrogen) atoms. The van der Waals surface area contributed by atoms with Crippen LogP contribution in [0.1, 0.15) is 142 Å². The van der Waals surface area contributed by atoms with E-state index in [1.165, 1.54) is 31.9 Å². The van der Waals surface area contributed by atoms with Crippen molar-refractivity contribution in [3.05, 3.63) is 119 Å². The van der Waals surface area contributed by atoms with Crippen LogP contribution < -0.4 is 5.43 Å². The number of para-hydroxylation sites is 1. The van der Waals surface area contributed by atoms with Crippen LogP contribution in [0.15, 0.2) is 110 Å². The summed E-state index contributed by atoms with van der Waals surface area (Å²) in [6, 6.07) is 27.8. The zero-order chi connectivity index (χ0) is 53.0. The van der Waals surface area contributed by atoms with E-state index in [1.54, 1.807) is 26.2 Å². The Morgan fingerprint density at radius 1 is 0.644 bits per heavy atom. The maximum absolute atomic E-state index is 10.1. The van der Waals surface area contributed by atoms with Crippen molar-refractivity contribution in [3.8, 4) is 23.3 Å². The molecular formula is C57H78CoN11O4+. The molecule has 1 radical (unpaired) electrons. The molecule has 15 nitrogen and oxygen atoms in total. The average Bonchev–Trinajstić information content (AvgIpc) is 3.89. The van der Waals surface area contributed by atoms with E-state index in [0.29, 0.717) is 47.0 Å². The minimum Gasteiger partial charge on any atom is -0.506 e. The van der Waals surface area contributed by atoms with Crippen LogP contribution in [0.3, 0.4) is 0 Å². The molecule has 5 N–H and O–H groups in total. The minimum atomic E-state index is -0.0378. The molecule has 4 aromatic carbocycles. The zero-order valence-corrected chi connectivity index (χ0v) is 46.5. The van der Waals surface area contributed by atoms with Gasteiger partial charge in [0.15, 0.2) is 11.4 Å². The molecule has 2 aromatic heterocycles. The van der Waals surface area contributed by atoms with E-state index in [0.717, 1.165) is 55.5 Å². The van der Waals surface area contributed by atoms with Crippen LogP contribution >= 0.6 is 0 Å². The quantitative estimate of drug-likeness (QED) is 0.0259. The second-order valence-electron chi connectivity index (χ2n) is 20.0. The number of nitrogens with one attached hydrogen (secondary N) is 1. The third-order valence-corrected chi connectivity index (χ3v) is 13.8. The number of fused-ring (bicyclic) bond motifs is 1. The van der Waals surface area contributed by atoms with Crippen LogP contribution in [-0.4, -0.2) is 63.0 Å². The predicted octanol–water partition coefficient (Wildman–Crippen LogP) is 14.5. The second-order valence-corrected chi connectivity index (χ2v) is 20.0. The van der Waals surface area contributed by atoms with Crippen molar-refractivity contribution in [3.63, 3.8) is 0 Å². The number of anilines is 1. The van der Waals surface area contributed by atoms with Crippen molar-refractivity contribution in [2.45, 2.75) is 144 Å². The van der Waals surface area contributed by atoms with Crippen LogP contribution in [0, 0.1) is 0 Å². The topological polar surface area (TPSA) is 193 Å². The number of hydrogen-bond donors (Lipinski definition) is 5. The van der Waals surface area contributed by atoms with Gasteiger partial charge < -0.3 is 20.4 Å². The predicted molar refractivity (Wildman–Crippen MR) is 292 cm³/mol. The van der Waals surface area contributed by atoms with Gasteiger partial charge in [-0.3, -0.25) is 5.43 Å². The molecule has 0 aliphatic carbocycles. The monoisotopic (exact) mass is 1040 g/mol. The summed E-state index contributed by atoms with van der Waals surface area (Å²) in [7, 11) is 3.32. The first kappa shape index (κ1) is 58.9. The molecule has 0 saturated heterocycles. The van der Waals surface area contributed by atoms with Crippen molar-refractivity contribution >= 4 is 46.1 Å². The number of rotatable bonds is 17. The third-order valence-electron chi connectivity index (χ3n) is 13.8. The number of aryl methyl sites for hydroxylation is 5. The van der Waals surface area contributed by atoms with Gasteiger partial charge in [-0.1, -0.05) is 118 Å². The number of aromatic nitrogens is 4. The molecule has 16 heteroatoms. The minimum absolute atomic E-state index is 0. The summed E-state index contributed by atoms with van der Waals surface area (Å²) in [5.74, 6) is 0.0862. The van der Waals surface area contributed by atoms with Crippen LogP contribution in [0.25, 0.3) is 0 Å². The van der Waals surface area contributed by atoms with Gasteiger partial charge in [-0.2, -0.15) is 19.9 Å². The Balaban J connectivity index is 0.000000236. The standard InChI is InChI=1S/C21H25N3.2C18H26N4O2.Co/c1-5-16-11-13-17(14-12-16)23-22-15-20-21(3,4)18-9-7-8-10-19(18)24(20)6-2;2*1-6-8-13-16(17(24)22(5)21-13)20-19-14-11-12(9-10-15(14)23)18(3,4)7-2;/h7-15H,5-6H2,1-4H3;2*9-11,23-24H,6-8H2,1-5H3;/p+1. The fraction of sp³-hybridized carbons (Fsp3) is 0.439. The Labute approximate surface area is 443 Å². The molecule has 0 amide bonds. The van der Waals surface area contributed by atoms with Crippen molar-refractivity contribution in [1.29, 1.82) is 0 Å². The Hall–Kier alpha value is -6.65. The molecule has 6 aromatic rings. The van der Waals surface area contributed by atoms with E-state index < -0.39 is 0 Å². The number of hydrazone groups is 1. The number of aromatic hydroxyl groups is 4. The van der Waals surface area contributed by atoms with Crippen molar-refractivity contribution < 1.29 is 41.8 Å². The second kappa shape index (κ2) is 25.8. The summed E-state index contributed by atoms with van der Waals surface area (Å²) in [4.78, 5) is 0. The number of benzene rings is 4. The first-order valence-corrected chi connectivity index (χ1v) is 25.3. The van der Waals surface area contributed by atoms with Crippen LogP contribution in [0.5, 0.6) is 23.3 Å². The van der Waals surface area contributed by atoms with E-state index in [-0.39, 0.29) is 56.3 Å². The van der Waals surface area contributed by atoms with Crippen LogP contribution in [0.2, 0.25) is 0 Å². The van der Waals surface area contributed by atoms with Crippen molar-refractivity contribution in [1.82, 2.24) is 19.6 Å². The normalized spacial score (nSPS) is 13.2. The van der Waals surface area contributed by atoms with Gasteiger partial charge in [0.05, 0.1) is 22.5 Å². The van der Waals surface area contributed by atoms with Crippen molar-refractivity contribution in [2.75, 3.05) is 12.0 Å². The molecule has 0 fully saturated rings. The average molecular weight is 1040 g/mol. The van der Waals surface area contributed by atoms with Gasteiger partial charge in [-0.05, 0) is 117 Å². The smallest absolute Gasteiger partial charge is 0.238 e. The summed E-state index contributed by atoms with van der Waals surface area (Å²) >= 11 is 0. The number of phenols is 2. The Morgan fingerprint density at radius 3 is 1.53 bits per heavy atom. The molecule has 3 heterocycles. The molecule has 393 valence electrons. The largest absolute Gasteiger partial charge is 0.506 e. The summed E-state index contributed by atoms with van der Waals surface area (Å²) in [5, 5.41) is 70.0. The van der Waals surface area contributed by atoms with E-state index >= 15 is 0 Å². The number of nitrogens with zero attached hydrogens (tertiary/aromatic N) is 10. The summed E-state index contributed by atoms with van der Waals surface area (Å²) in [6.07, 6.45) is 8.16. The Bertz CT molecular complexity index is 2780. The van der Waals surface area contributed by atoms with Gasteiger partial charge in [0.1, 0.15) is 35.6 Å². The first-order chi connectivity index (χ1) is 34.2. The molecule has 0 atom stereocenters. The van der Waals surface area contributed by atoms with Gasteiger partial charge in [-0.15, -0.1) is 20.5 Å². The van der Waals surface area contributed by atoms with Gasteiger partial charge in [0.25, 0.3) is 0 Å². The number of azo groups is 2. The molecular weight excluding hydrogens is 962 g/mol. The molecule has 7 rings (SSSR count). The number of hydrogen-bond acceptors (Lipinski definition) is 12. The SMILES string of the molecule is CCCc1nn(C)c(O)c1N=Nc1cc(C(C)(C)CC)ccc1O.CCCc1nn(C)c(O)c1N=Nc1cc(C(C)(C)CC)ccc1O.CCc1ccc(N/N=C/C2=[N+](CC)c3ccccc3C2(C)C)cc1.[Co]. The zero-order valence-electron chi connectivity index (χ0n) is 45.4. The maximum atomic E-state index is 10.1. The molecule has 1 aliphatic rings. The summed E-state index contributed by atoms with van der Waals surface area (Å²) in [5.41, 5.74) is 14.4. The van der Waals surface area contributed by atoms with E-state index in [4.69, 9.17) is 0 Å². The van der Waals surface area contributed by atoms with E-state index in [9.17, 15) is 20.4 Å². The fourth-order valence-electron chi connectivity index (χ4n) is 8.19. The molecule has 0 spiro atoms. The summed E-state index contributed by atoms with van der Waals surface area (Å²) in [6.45, 7) is 26.7. The van der Waals surface area contributed by atoms with E-state index in [2.05, 4.69) is 164 Å². The van der Waals surface area contributed by atoms with Gasteiger partial charge in [0, 0.05) is 42.5 Å². The molecule has 0 bridgehead atoms. The molecule has 0 unspecified atom stereocenters. The van der Waals surface area contributed by atoms with Gasteiger partial charge >= 0.3 is 0 Å². The van der Waals surface area contributed by atoms with Crippen LogP contribution in [-0.2, 0) is 66.4 Å². The van der Waals surface area contributed by atoms with Crippen molar-refractivity contribution in [2.24, 2.45) is 39.7 Å². The van der Waals surface area contributed by atoms with Crippen LogP contribution in [0.4, 0.5) is 34.1 Å². The molecule has 0 saturated carbocycles. The first-order valence-electron chi connectivity index (χ1n) is 25.3. The van der Waals surface area contributed by atoms with E-state index in [1.807, 2.05) is 44.3 Å². The number of phenolic OH excluding ortho intramolecular Hbond substituents is 2. The van der Waals surface area contributed by atoms with Gasteiger partial charge in [-0.25, -0.2) is 9.36 Å². The van der Waals surface area contributed by atoms with Gasteiger partial charge in [0.2, 0.25) is 23.2 Å². The maximum Gasteiger partial charge on any atom is 0.238 e. The Kier molecular flexibility index (Phi) is 20.8. The fourth-order valence-corrected chi connectivity index (χ4v) is 8.19. The Morgan fingerprint density at radius 2 is 1.11 bits per heavy atom.